The molecule has 158 valence electrons. The number of carbonyl (C=O) groups excluding carboxylic acids is 2. The highest BCUT2D eigenvalue weighted by atomic mass is 35.5. The fraction of sp³-hybridized carbons (Fsp3) is 0.125. The normalized spacial score (nSPS) is 11.7. The number of para-hydroxylation sites is 1. The van der Waals surface area contributed by atoms with Crippen molar-refractivity contribution in [3.05, 3.63) is 101 Å². The Balaban J connectivity index is 1.56. The van der Waals surface area contributed by atoms with E-state index in [1.807, 2.05) is 60.7 Å². The molecule has 3 aromatic rings. The number of hydrogen-bond donors (Lipinski definition) is 2. The number of ether oxygens (including phenoxy) is 1. The van der Waals surface area contributed by atoms with Crippen LogP contribution in [0, 0.1) is 0 Å². The van der Waals surface area contributed by atoms with Gasteiger partial charge in [0.05, 0.1) is 12.3 Å². The lowest BCUT2D eigenvalue weighted by Crippen LogP contribution is -2.39. The van der Waals surface area contributed by atoms with Crippen molar-refractivity contribution in [2.45, 2.75) is 19.6 Å². The predicted molar refractivity (Wildman–Crippen MR) is 121 cm³/mol. The highest BCUT2D eigenvalue weighted by Crippen LogP contribution is 2.21. The molecule has 31 heavy (non-hydrogen) atoms. The minimum Gasteiger partial charge on any atom is -0.488 e. The molecule has 2 N–H and O–H groups in total. The van der Waals surface area contributed by atoms with Crippen molar-refractivity contribution in [1.29, 1.82) is 0 Å². The number of rotatable bonds is 7. The van der Waals surface area contributed by atoms with Crippen LogP contribution in [-0.2, 0) is 16.2 Å². The van der Waals surface area contributed by atoms with Gasteiger partial charge in [-0.3, -0.25) is 9.59 Å². The molecule has 0 heterocycles. The average molecular weight is 436 g/mol. The van der Waals surface area contributed by atoms with E-state index in [1.165, 1.54) is 6.21 Å². The lowest BCUT2D eigenvalue weighted by Gasteiger charge is -2.13. The topological polar surface area (TPSA) is 79.8 Å². The van der Waals surface area contributed by atoms with Crippen LogP contribution < -0.4 is 15.5 Å². The molecule has 0 aliphatic rings. The molecule has 2 amide bonds. The summed E-state index contributed by atoms with van der Waals surface area (Å²) in [4.78, 5) is 24.1. The van der Waals surface area contributed by atoms with E-state index in [-0.39, 0.29) is 12.6 Å². The Kier molecular flexibility index (Phi) is 7.79. The molecule has 0 bridgehead atoms. The zero-order valence-corrected chi connectivity index (χ0v) is 17.7. The molecule has 7 heteroatoms. The molecule has 0 fully saturated rings. The molecule has 1 atom stereocenters. The Hall–Kier alpha value is -3.64. The number of amides is 2. The number of hydrazone groups is 1. The minimum atomic E-state index is -0.853. The summed E-state index contributed by atoms with van der Waals surface area (Å²) in [6.45, 7) is 2.09. The van der Waals surface area contributed by atoms with Gasteiger partial charge in [-0.05, 0) is 30.7 Å². The predicted octanol–water partition coefficient (Wildman–Crippen LogP) is 4.25. The van der Waals surface area contributed by atoms with Crippen LogP contribution in [0.4, 0.5) is 0 Å². The van der Waals surface area contributed by atoms with Crippen LogP contribution in [-0.4, -0.2) is 18.0 Å². The first kappa shape index (κ1) is 22.1. The van der Waals surface area contributed by atoms with Crippen LogP contribution in [0.3, 0.4) is 0 Å². The van der Waals surface area contributed by atoms with E-state index in [0.29, 0.717) is 16.3 Å². The molecular weight excluding hydrogens is 414 g/mol. The number of nitrogens with zero attached hydrogens (tertiary/aromatic N) is 1. The first-order valence-electron chi connectivity index (χ1n) is 9.68. The maximum absolute atomic E-state index is 12.1. The Morgan fingerprint density at radius 1 is 0.968 bits per heavy atom. The molecule has 0 aromatic heterocycles. The van der Waals surface area contributed by atoms with E-state index in [0.717, 1.165) is 11.1 Å². The van der Waals surface area contributed by atoms with Crippen LogP contribution in [0.1, 0.15) is 29.7 Å². The monoisotopic (exact) mass is 435 g/mol. The molecule has 0 aliphatic heterocycles. The van der Waals surface area contributed by atoms with Crippen molar-refractivity contribution in [3.63, 3.8) is 0 Å². The van der Waals surface area contributed by atoms with Gasteiger partial charge in [-0.25, -0.2) is 5.43 Å². The molecule has 0 unspecified atom stereocenters. The third-order valence-electron chi connectivity index (χ3n) is 4.48. The maximum atomic E-state index is 12.1. The third kappa shape index (κ3) is 6.42. The van der Waals surface area contributed by atoms with Crippen molar-refractivity contribution < 1.29 is 14.3 Å². The SMILES string of the molecule is C[C@H](NC(=O)C(=O)N/N=C\c1ccccc1OCc1ccccc1Cl)c1ccccc1. The molecule has 0 saturated carbocycles. The molecule has 3 rings (SSSR count). The van der Waals surface area contributed by atoms with Crippen molar-refractivity contribution in [2.24, 2.45) is 5.10 Å². The Morgan fingerprint density at radius 2 is 1.65 bits per heavy atom. The lowest BCUT2D eigenvalue weighted by atomic mass is 10.1. The van der Waals surface area contributed by atoms with Crippen LogP contribution >= 0.6 is 11.6 Å². The summed E-state index contributed by atoms with van der Waals surface area (Å²) in [6, 6.07) is 23.7. The fourth-order valence-electron chi connectivity index (χ4n) is 2.79. The van der Waals surface area contributed by atoms with E-state index in [2.05, 4.69) is 15.8 Å². The van der Waals surface area contributed by atoms with Crippen molar-refractivity contribution in [2.75, 3.05) is 0 Å². The van der Waals surface area contributed by atoms with Gasteiger partial charge in [0, 0.05) is 16.1 Å². The number of benzene rings is 3. The first-order chi connectivity index (χ1) is 15.0. The summed E-state index contributed by atoms with van der Waals surface area (Å²) in [5.74, 6) is -1.05. The van der Waals surface area contributed by atoms with Crippen LogP contribution in [0.15, 0.2) is 84.0 Å². The van der Waals surface area contributed by atoms with Crippen molar-refractivity contribution in [3.8, 4) is 5.75 Å². The summed E-state index contributed by atoms with van der Waals surface area (Å²) >= 11 is 6.16. The van der Waals surface area contributed by atoms with Crippen LogP contribution in [0.2, 0.25) is 5.02 Å². The van der Waals surface area contributed by atoms with Crippen LogP contribution in [0.25, 0.3) is 0 Å². The highest BCUT2D eigenvalue weighted by Gasteiger charge is 2.16. The number of halogens is 1. The highest BCUT2D eigenvalue weighted by molar-refractivity contribution is 6.35. The molecule has 6 nitrogen and oxygen atoms in total. The van der Waals surface area contributed by atoms with Gasteiger partial charge in [0.1, 0.15) is 12.4 Å². The third-order valence-corrected chi connectivity index (χ3v) is 4.85. The largest absolute Gasteiger partial charge is 0.488 e. The van der Waals surface area contributed by atoms with Gasteiger partial charge in [0.15, 0.2) is 0 Å². The van der Waals surface area contributed by atoms with E-state index in [4.69, 9.17) is 16.3 Å². The second-order valence-electron chi connectivity index (χ2n) is 6.72. The zero-order chi connectivity index (χ0) is 22.1. The van der Waals surface area contributed by atoms with E-state index in [9.17, 15) is 9.59 Å². The summed E-state index contributed by atoms with van der Waals surface area (Å²) in [5, 5.41) is 7.14. The summed E-state index contributed by atoms with van der Waals surface area (Å²) in [7, 11) is 0. The first-order valence-corrected chi connectivity index (χ1v) is 10.1. The van der Waals surface area contributed by atoms with Gasteiger partial charge >= 0.3 is 11.8 Å². The Morgan fingerprint density at radius 3 is 2.42 bits per heavy atom. The summed E-state index contributed by atoms with van der Waals surface area (Å²) in [5.41, 5.74) is 4.64. The van der Waals surface area contributed by atoms with Gasteiger partial charge in [0.2, 0.25) is 0 Å². The zero-order valence-electron chi connectivity index (χ0n) is 16.9. The second kappa shape index (κ2) is 10.9. The molecule has 0 radical (unpaired) electrons. The second-order valence-corrected chi connectivity index (χ2v) is 7.13. The van der Waals surface area contributed by atoms with Crippen molar-refractivity contribution >= 4 is 29.6 Å². The van der Waals surface area contributed by atoms with E-state index in [1.54, 1.807) is 25.1 Å². The molecule has 0 aliphatic carbocycles. The van der Waals surface area contributed by atoms with Crippen LogP contribution in [0.5, 0.6) is 5.75 Å². The molecule has 0 spiro atoms. The van der Waals surface area contributed by atoms with E-state index < -0.39 is 11.8 Å². The molecular formula is C24H22ClN3O3. The number of carbonyl (C=O) groups is 2. The average Bonchev–Trinajstić information content (AvgIpc) is 2.79. The summed E-state index contributed by atoms with van der Waals surface area (Å²) < 4.78 is 5.84. The van der Waals surface area contributed by atoms with Gasteiger partial charge in [0.25, 0.3) is 0 Å². The number of nitrogens with one attached hydrogen (secondary N) is 2. The standard InChI is InChI=1S/C24H22ClN3O3/c1-17(18-9-3-2-4-10-18)27-23(29)24(30)28-26-15-19-11-6-8-14-22(19)31-16-20-12-5-7-13-21(20)25/h2-15,17H,16H2,1H3,(H,27,29)(H,28,30)/b26-15-/t17-/m0/s1. The minimum absolute atomic E-state index is 0.288. The lowest BCUT2D eigenvalue weighted by molar-refractivity contribution is -0.139. The van der Waals surface area contributed by atoms with Gasteiger partial charge in [-0.15, -0.1) is 0 Å². The Bertz CT molecular complexity index is 1070. The van der Waals surface area contributed by atoms with Gasteiger partial charge in [-0.2, -0.15) is 5.10 Å². The van der Waals surface area contributed by atoms with Gasteiger partial charge in [-0.1, -0.05) is 72.3 Å². The molecule has 0 saturated heterocycles. The smallest absolute Gasteiger partial charge is 0.329 e. The van der Waals surface area contributed by atoms with Gasteiger partial charge < -0.3 is 10.1 Å². The quantitative estimate of drug-likeness (QED) is 0.331. The fourth-order valence-corrected chi connectivity index (χ4v) is 2.98. The maximum Gasteiger partial charge on any atom is 0.329 e. The molecule has 3 aromatic carbocycles. The van der Waals surface area contributed by atoms with Crippen molar-refractivity contribution in [1.82, 2.24) is 10.7 Å². The number of hydrogen-bond acceptors (Lipinski definition) is 4. The Labute approximate surface area is 185 Å². The summed E-state index contributed by atoms with van der Waals surface area (Å²) in [6.07, 6.45) is 1.42. The van der Waals surface area contributed by atoms with E-state index >= 15 is 0 Å².